The second-order valence-corrected chi connectivity index (χ2v) is 6.78. The molecule has 1 N–H and O–H groups in total. The Hall–Kier alpha value is -0.970. The lowest BCUT2D eigenvalue weighted by Gasteiger charge is -2.14. The first kappa shape index (κ1) is 20.3. The Morgan fingerprint density at radius 3 is 2.48 bits per heavy atom. The smallest absolute Gasteiger partial charge is 0.124 e. The Labute approximate surface area is 164 Å². The molecule has 2 rings (SSSR count). The van der Waals surface area contributed by atoms with Crippen molar-refractivity contribution in [2.75, 3.05) is 19.8 Å². The maximum atomic E-state index is 6.20. The van der Waals surface area contributed by atoms with Crippen molar-refractivity contribution in [1.29, 1.82) is 0 Å². The summed E-state index contributed by atoms with van der Waals surface area (Å²) in [6.07, 6.45) is 0.963. The second-order valence-electron chi connectivity index (χ2n) is 5.50. The fraction of sp³-hybridized carbons (Fsp3) is 0.368. The number of halogens is 3. The largest absolute Gasteiger partial charge is 0.489 e. The summed E-state index contributed by atoms with van der Waals surface area (Å²) in [5, 5.41) is 5.27. The first-order chi connectivity index (χ1) is 12.1. The zero-order chi connectivity index (χ0) is 18.1. The highest BCUT2D eigenvalue weighted by molar-refractivity contribution is 6.35. The summed E-state index contributed by atoms with van der Waals surface area (Å²) in [5.41, 5.74) is 1.89. The van der Waals surface area contributed by atoms with E-state index < -0.39 is 0 Å². The van der Waals surface area contributed by atoms with E-state index in [4.69, 9.17) is 44.3 Å². The summed E-state index contributed by atoms with van der Waals surface area (Å²) in [6, 6.07) is 11.0. The van der Waals surface area contributed by atoms with Gasteiger partial charge in [0, 0.05) is 46.0 Å². The molecule has 0 aliphatic rings. The third-order valence-corrected chi connectivity index (χ3v) is 4.40. The minimum atomic E-state index is 0.370. The molecular formula is C19H22Cl3NO2. The van der Waals surface area contributed by atoms with E-state index in [-0.39, 0.29) is 0 Å². The molecule has 0 unspecified atom stereocenters. The van der Waals surface area contributed by atoms with Gasteiger partial charge in [0.2, 0.25) is 0 Å². The molecule has 0 aliphatic heterocycles. The summed E-state index contributed by atoms with van der Waals surface area (Å²) in [7, 11) is 0. The van der Waals surface area contributed by atoms with Crippen LogP contribution in [0.15, 0.2) is 36.4 Å². The van der Waals surface area contributed by atoms with Gasteiger partial charge >= 0.3 is 0 Å². The average Bonchev–Trinajstić information content (AvgIpc) is 2.58. The number of rotatable bonds is 10. The number of benzene rings is 2. The third-order valence-electron chi connectivity index (χ3n) is 3.58. The van der Waals surface area contributed by atoms with Crippen molar-refractivity contribution in [2.45, 2.75) is 26.5 Å². The maximum absolute atomic E-state index is 6.20. The van der Waals surface area contributed by atoms with E-state index in [0.29, 0.717) is 28.2 Å². The number of nitrogens with one attached hydrogen (secondary N) is 1. The van der Waals surface area contributed by atoms with Crippen molar-refractivity contribution >= 4 is 34.8 Å². The number of ether oxygens (including phenoxy) is 2. The highest BCUT2D eigenvalue weighted by Crippen LogP contribution is 2.26. The van der Waals surface area contributed by atoms with Crippen LogP contribution in [0.5, 0.6) is 5.75 Å². The Morgan fingerprint density at radius 1 is 0.960 bits per heavy atom. The van der Waals surface area contributed by atoms with Gasteiger partial charge in [-0.2, -0.15) is 0 Å². The van der Waals surface area contributed by atoms with Gasteiger partial charge in [0.05, 0.1) is 0 Å². The quantitative estimate of drug-likeness (QED) is 0.514. The Bertz CT molecular complexity index is 680. The lowest BCUT2D eigenvalue weighted by Crippen LogP contribution is -2.17. The molecule has 0 atom stereocenters. The van der Waals surface area contributed by atoms with Gasteiger partial charge in [-0.25, -0.2) is 0 Å². The molecule has 0 bridgehead atoms. The Morgan fingerprint density at radius 2 is 1.72 bits per heavy atom. The van der Waals surface area contributed by atoms with Gasteiger partial charge < -0.3 is 14.8 Å². The van der Waals surface area contributed by atoms with Crippen molar-refractivity contribution in [2.24, 2.45) is 0 Å². The SMILES string of the molecule is CCOCCCNCc1cc(Cl)ccc1OCc1ccc(Cl)cc1Cl. The van der Waals surface area contributed by atoms with Crippen LogP contribution in [-0.4, -0.2) is 19.8 Å². The van der Waals surface area contributed by atoms with E-state index in [9.17, 15) is 0 Å². The van der Waals surface area contributed by atoms with Crippen LogP contribution < -0.4 is 10.1 Å². The monoisotopic (exact) mass is 401 g/mol. The standard InChI is InChI=1S/C19H22Cl3NO2/c1-2-24-9-3-8-23-12-15-10-16(20)6-7-19(15)25-13-14-4-5-17(21)11-18(14)22/h4-7,10-11,23H,2-3,8-9,12-13H2,1H3. The van der Waals surface area contributed by atoms with Gasteiger partial charge in [-0.15, -0.1) is 0 Å². The van der Waals surface area contributed by atoms with Crippen LogP contribution in [0.4, 0.5) is 0 Å². The van der Waals surface area contributed by atoms with Gasteiger partial charge in [-0.3, -0.25) is 0 Å². The molecule has 0 aromatic heterocycles. The summed E-state index contributed by atoms with van der Waals surface area (Å²) in [4.78, 5) is 0. The first-order valence-corrected chi connectivity index (χ1v) is 9.37. The molecular weight excluding hydrogens is 381 g/mol. The van der Waals surface area contributed by atoms with E-state index in [2.05, 4.69) is 5.32 Å². The lowest BCUT2D eigenvalue weighted by molar-refractivity contribution is 0.144. The van der Waals surface area contributed by atoms with E-state index in [1.165, 1.54) is 0 Å². The Kier molecular flexibility index (Phi) is 8.87. The van der Waals surface area contributed by atoms with Crippen LogP contribution >= 0.6 is 34.8 Å². The van der Waals surface area contributed by atoms with Crippen LogP contribution in [0.1, 0.15) is 24.5 Å². The topological polar surface area (TPSA) is 30.5 Å². The van der Waals surface area contributed by atoms with Crippen LogP contribution in [-0.2, 0) is 17.9 Å². The van der Waals surface area contributed by atoms with Crippen molar-refractivity contribution < 1.29 is 9.47 Å². The molecule has 0 amide bonds. The van der Waals surface area contributed by atoms with Crippen molar-refractivity contribution in [1.82, 2.24) is 5.32 Å². The molecule has 2 aromatic rings. The predicted molar refractivity (Wildman–Crippen MR) is 105 cm³/mol. The highest BCUT2D eigenvalue weighted by atomic mass is 35.5. The summed E-state index contributed by atoms with van der Waals surface area (Å²) < 4.78 is 11.3. The predicted octanol–water partition coefficient (Wildman–Crippen LogP) is 5.74. The van der Waals surface area contributed by atoms with Crippen molar-refractivity contribution in [3.63, 3.8) is 0 Å². The molecule has 136 valence electrons. The molecule has 0 saturated heterocycles. The fourth-order valence-electron chi connectivity index (χ4n) is 2.29. The molecule has 0 saturated carbocycles. The zero-order valence-electron chi connectivity index (χ0n) is 14.2. The maximum Gasteiger partial charge on any atom is 0.124 e. The lowest BCUT2D eigenvalue weighted by atomic mass is 10.2. The molecule has 0 radical (unpaired) electrons. The molecule has 0 aliphatic carbocycles. The number of hydrogen-bond acceptors (Lipinski definition) is 3. The van der Waals surface area contributed by atoms with Crippen LogP contribution in [0, 0.1) is 0 Å². The highest BCUT2D eigenvalue weighted by Gasteiger charge is 2.07. The molecule has 2 aromatic carbocycles. The van der Waals surface area contributed by atoms with Crippen LogP contribution in [0.3, 0.4) is 0 Å². The minimum absolute atomic E-state index is 0.370. The van der Waals surface area contributed by atoms with Gasteiger partial charge in [-0.1, -0.05) is 40.9 Å². The van der Waals surface area contributed by atoms with Crippen LogP contribution in [0.2, 0.25) is 15.1 Å². The average molecular weight is 403 g/mol. The number of hydrogen-bond donors (Lipinski definition) is 1. The first-order valence-electron chi connectivity index (χ1n) is 8.23. The summed E-state index contributed by atoms with van der Waals surface area (Å²) in [6.45, 7) is 5.42. The van der Waals surface area contributed by atoms with E-state index in [1.807, 2.05) is 31.2 Å². The molecule has 0 spiro atoms. The van der Waals surface area contributed by atoms with E-state index >= 15 is 0 Å². The van der Waals surface area contributed by atoms with Gasteiger partial charge in [0.25, 0.3) is 0 Å². The van der Waals surface area contributed by atoms with Gasteiger partial charge in [0.15, 0.2) is 0 Å². The fourth-order valence-corrected chi connectivity index (χ4v) is 2.95. The van der Waals surface area contributed by atoms with Gasteiger partial charge in [0.1, 0.15) is 12.4 Å². The summed E-state index contributed by atoms with van der Waals surface area (Å²) >= 11 is 18.2. The third kappa shape index (κ3) is 7.04. The molecule has 3 nitrogen and oxygen atoms in total. The van der Waals surface area contributed by atoms with Crippen LogP contribution in [0.25, 0.3) is 0 Å². The molecule has 25 heavy (non-hydrogen) atoms. The van der Waals surface area contributed by atoms with E-state index in [0.717, 1.165) is 43.1 Å². The Balaban J connectivity index is 1.93. The molecule has 0 heterocycles. The molecule has 0 fully saturated rings. The van der Waals surface area contributed by atoms with Crippen molar-refractivity contribution in [3.05, 3.63) is 62.6 Å². The summed E-state index contributed by atoms with van der Waals surface area (Å²) in [5.74, 6) is 0.785. The zero-order valence-corrected chi connectivity index (χ0v) is 16.4. The van der Waals surface area contributed by atoms with Gasteiger partial charge in [-0.05, 0) is 50.2 Å². The van der Waals surface area contributed by atoms with E-state index in [1.54, 1.807) is 12.1 Å². The molecule has 6 heteroatoms. The minimum Gasteiger partial charge on any atom is -0.489 e. The normalized spacial score (nSPS) is 10.9. The second kappa shape index (κ2) is 10.9. The van der Waals surface area contributed by atoms with Crippen molar-refractivity contribution in [3.8, 4) is 5.75 Å².